The molecule has 0 saturated heterocycles. The van der Waals surface area contributed by atoms with E-state index in [1.165, 1.54) is 38.5 Å². The molecule has 84 valence electrons. The molecule has 0 spiro atoms. The largest absolute Gasteiger partial charge is 0.339 e. The number of H-pyrrole nitrogens is 1. The molecule has 0 atom stereocenters. The van der Waals surface area contributed by atoms with Crippen LogP contribution in [0.4, 0.5) is 0 Å². The van der Waals surface area contributed by atoms with Gasteiger partial charge in [0.05, 0.1) is 6.20 Å². The van der Waals surface area contributed by atoms with Gasteiger partial charge in [0.15, 0.2) is 5.65 Å². The minimum absolute atomic E-state index is 0.594. The number of aromatic amines is 1. The summed E-state index contributed by atoms with van der Waals surface area (Å²) in [7, 11) is 0. The summed E-state index contributed by atoms with van der Waals surface area (Å²) < 4.78 is 0. The lowest BCUT2D eigenvalue weighted by atomic mass is 10.00. The van der Waals surface area contributed by atoms with Gasteiger partial charge < -0.3 is 4.98 Å². The summed E-state index contributed by atoms with van der Waals surface area (Å²) in [6.45, 7) is 0. The maximum Gasteiger partial charge on any atom is 0.180 e. The van der Waals surface area contributed by atoms with Crippen LogP contribution in [0, 0.1) is 0 Å². The summed E-state index contributed by atoms with van der Waals surface area (Å²) in [4.78, 5) is 16.1. The number of fused-ring (bicyclic) bond motifs is 1. The summed E-state index contributed by atoms with van der Waals surface area (Å²) in [5.41, 5.74) is 1.76. The number of rotatable bonds is 1. The van der Waals surface area contributed by atoms with Gasteiger partial charge in [0, 0.05) is 5.92 Å². The van der Waals surface area contributed by atoms with Crippen LogP contribution < -0.4 is 0 Å². The van der Waals surface area contributed by atoms with Gasteiger partial charge in [-0.1, -0.05) is 25.7 Å². The van der Waals surface area contributed by atoms with Crippen molar-refractivity contribution < 1.29 is 0 Å². The first-order valence-corrected chi connectivity index (χ1v) is 6.09. The highest BCUT2D eigenvalue weighted by Crippen LogP contribution is 2.30. The monoisotopic (exact) mass is 216 g/mol. The lowest BCUT2D eigenvalue weighted by Crippen LogP contribution is -1.99. The maximum atomic E-state index is 4.57. The fourth-order valence-electron chi connectivity index (χ4n) is 2.53. The van der Waals surface area contributed by atoms with Crippen LogP contribution in [0.15, 0.2) is 12.5 Å². The van der Waals surface area contributed by atoms with E-state index in [0.29, 0.717) is 5.92 Å². The van der Waals surface area contributed by atoms with Crippen LogP contribution in [-0.4, -0.2) is 19.9 Å². The van der Waals surface area contributed by atoms with Crippen LogP contribution in [0.3, 0.4) is 0 Å². The van der Waals surface area contributed by atoms with E-state index in [4.69, 9.17) is 0 Å². The van der Waals surface area contributed by atoms with E-state index in [-0.39, 0.29) is 0 Å². The molecule has 0 bridgehead atoms. The van der Waals surface area contributed by atoms with Crippen molar-refractivity contribution in [3.8, 4) is 0 Å². The summed E-state index contributed by atoms with van der Waals surface area (Å²) in [6, 6.07) is 0. The van der Waals surface area contributed by atoms with Gasteiger partial charge in [-0.15, -0.1) is 0 Å². The number of nitrogens with zero attached hydrogens (tertiary/aromatic N) is 3. The fourth-order valence-corrected chi connectivity index (χ4v) is 2.53. The molecule has 1 fully saturated rings. The Hall–Kier alpha value is -1.45. The van der Waals surface area contributed by atoms with Gasteiger partial charge in [0.2, 0.25) is 0 Å². The van der Waals surface area contributed by atoms with E-state index in [1.54, 1.807) is 12.5 Å². The first kappa shape index (κ1) is 9.75. The molecule has 4 heteroatoms. The molecule has 2 aromatic rings. The third kappa shape index (κ3) is 1.79. The molecule has 0 amide bonds. The van der Waals surface area contributed by atoms with Gasteiger partial charge in [-0.3, -0.25) is 0 Å². The van der Waals surface area contributed by atoms with Gasteiger partial charge in [-0.2, -0.15) is 0 Å². The smallest absolute Gasteiger partial charge is 0.180 e. The molecule has 1 N–H and O–H groups in total. The molecular formula is C12H16N4. The first-order chi connectivity index (χ1) is 7.93. The van der Waals surface area contributed by atoms with Crippen molar-refractivity contribution in [2.45, 2.75) is 44.4 Å². The van der Waals surface area contributed by atoms with Crippen molar-refractivity contribution in [3.63, 3.8) is 0 Å². The molecule has 2 aromatic heterocycles. The third-order valence-corrected chi connectivity index (χ3v) is 3.42. The Morgan fingerprint density at radius 2 is 1.94 bits per heavy atom. The van der Waals surface area contributed by atoms with E-state index in [2.05, 4.69) is 19.9 Å². The van der Waals surface area contributed by atoms with E-state index in [0.717, 1.165) is 17.0 Å². The summed E-state index contributed by atoms with van der Waals surface area (Å²) in [5, 5.41) is 0. The summed E-state index contributed by atoms with van der Waals surface area (Å²) >= 11 is 0. The zero-order valence-corrected chi connectivity index (χ0v) is 9.32. The lowest BCUT2D eigenvalue weighted by molar-refractivity contribution is 0.567. The highest BCUT2D eigenvalue weighted by atomic mass is 15.0. The van der Waals surface area contributed by atoms with Crippen molar-refractivity contribution in [3.05, 3.63) is 18.3 Å². The maximum absolute atomic E-state index is 4.57. The minimum Gasteiger partial charge on any atom is -0.339 e. The van der Waals surface area contributed by atoms with Gasteiger partial charge in [-0.25, -0.2) is 15.0 Å². The molecule has 2 heterocycles. The molecule has 0 aliphatic heterocycles. The lowest BCUT2D eigenvalue weighted by Gasteiger charge is -2.09. The van der Waals surface area contributed by atoms with Crippen LogP contribution >= 0.6 is 0 Å². The second kappa shape index (κ2) is 4.20. The number of aromatic nitrogens is 4. The normalized spacial score (nSPS) is 18.8. The summed E-state index contributed by atoms with van der Waals surface area (Å²) in [6.07, 6.45) is 11.3. The average molecular weight is 216 g/mol. The van der Waals surface area contributed by atoms with Gasteiger partial charge in [0.25, 0.3) is 0 Å². The Kier molecular flexibility index (Phi) is 2.56. The SMILES string of the molecule is c1ncc2[nH]c(C3CCCCCC3)nc2n1. The van der Waals surface area contributed by atoms with Crippen LogP contribution in [0.25, 0.3) is 11.2 Å². The highest BCUT2D eigenvalue weighted by molar-refractivity contribution is 5.68. The number of nitrogens with one attached hydrogen (secondary N) is 1. The van der Waals surface area contributed by atoms with Crippen molar-refractivity contribution in [2.75, 3.05) is 0 Å². The number of hydrogen-bond donors (Lipinski definition) is 1. The zero-order chi connectivity index (χ0) is 10.8. The van der Waals surface area contributed by atoms with Gasteiger partial charge in [0.1, 0.15) is 17.7 Å². The molecule has 1 aliphatic rings. The molecule has 0 aromatic carbocycles. The fraction of sp³-hybridized carbons (Fsp3) is 0.583. The predicted octanol–water partition coefficient (Wildman–Crippen LogP) is 2.79. The Balaban J connectivity index is 1.92. The standard InChI is InChI=1S/C12H16N4/c1-2-4-6-9(5-3-1)11-15-10-7-13-8-14-12(10)16-11/h7-9H,1-6H2,(H,13,14,15,16). The second-order valence-corrected chi connectivity index (χ2v) is 4.57. The van der Waals surface area contributed by atoms with Gasteiger partial charge in [-0.05, 0) is 12.8 Å². The van der Waals surface area contributed by atoms with Crippen molar-refractivity contribution >= 4 is 11.2 Å². The highest BCUT2D eigenvalue weighted by Gasteiger charge is 2.17. The van der Waals surface area contributed by atoms with E-state index < -0.39 is 0 Å². The average Bonchev–Trinajstić information content (AvgIpc) is 2.56. The molecule has 0 unspecified atom stereocenters. The molecule has 1 saturated carbocycles. The van der Waals surface area contributed by atoms with Crippen LogP contribution in [0.5, 0.6) is 0 Å². The number of hydrogen-bond acceptors (Lipinski definition) is 3. The van der Waals surface area contributed by atoms with E-state index >= 15 is 0 Å². The van der Waals surface area contributed by atoms with Crippen LogP contribution in [0.1, 0.15) is 50.3 Å². The number of imidazole rings is 1. The Morgan fingerprint density at radius 3 is 2.69 bits per heavy atom. The molecule has 16 heavy (non-hydrogen) atoms. The predicted molar refractivity (Wildman–Crippen MR) is 62.1 cm³/mol. The molecule has 1 aliphatic carbocycles. The summed E-state index contributed by atoms with van der Waals surface area (Å²) in [5.74, 6) is 1.70. The Morgan fingerprint density at radius 1 is 1.12 bits per heavy atom. The Bertz CT molecular complexity index is 436. The zero-order valence-electron chi connectivity index (χ0n) is 9.32. The van der Waals surface area contributed by atoms with Gasteiger partial charge >= 0.3 is 0 Å². The van der Waals surface area contributed by atoms with Crippen LogP contribution in [0.2, 0.25) is 0 Å². The second-order valence-electron chi connectivity index (χ2n) is 4.57. The molecule has 3 rings (SSSR count). The topological polar surface area (TPSA) is 54.5 Å². The minimum atomic E-state index is 0.594. The van der Waals surface area contributed by atoms with E-state index in [9.17, 15) is 0 Å². The van der Waals surface area contributed by atoms with Crippen molar-refractivity contribution in [2.24, 2.45) is 0 Å². The molecular weight excluding hydrogens is 200 g/mol. The van der Waals surface area contributed by atoms with Crippen molar-refractivity contribution in [1.29, 1.82) is 0 Å². The first-order valence-electron chi connectivity index (χ1n) is 6.09. The van der Waals surface area contributed by atoms with Crippen molar-refractivity contribution in [1.82, 2.24) is 19.9 Å². The molecule has 0 radical (unpaired) electrons. The third-order valence-electron chi connectivity index (χ3n) is 3.42. The molecule has 4 nitrogen and oxygen atoms in total. The van der Waals surface area contributed by atoms with Crippen LogP contribution in [-0.2, 0) is 0 Å². The van der Waals surface area contributed by atoms with E-state index in [1.807, 2.05) is 0 Å². The quantitative estimate of drug-likeness (QED) is 0.746. The Labute approximate surface area is 94.5 Å².